The fraction of sp³-hybridized carbons (Fsp3) is 0.143. The topological polar surface area (TPSA) is 54.4 Å². The van der Waals surface area contributed by atoms with Gasteiger partial charge in [-0.2, -0.15) is 0 Å². The Kier molecular flexibility index (Phi) is 2.43. The van der Waals surface area contributed by atoms with Gasteiger partial charge in [-0.05, 0) is 24.6 Å². The number of aromatic hydroxyl groups is 1. The van der Waals surface area contributed by atoms with E-state index in [0.29, 0.717) is 0 Å². The van der Waals surface area contributed by atoms with Gasteiger partial charge >= 0.3 is 19.8 Å². The lowest BCUT2D eigenvalue weighted by atomic mass is 10.2. The van der Waals surface area contributed by atoms with Crippen LogP contribution < -0.4 is 0 Å². The molecule has 0 aromatic heterocycles. The number of halogens is 1. The van der Waals surface area contributed by atoms with E-state index in [1.165, 1.54) is 12.1 Å². The molecule has 11 heavy (non-hydrogen) atoms. The van der Waals surface area contributed by atoms with Gasteiger partial charge in [-0.15, -0.1) is 0 Å². The summed E-state index contributed by atoms with van der Waals surface area (Å²) in [6, 6.07) is 4.53. The number of benzene rings is 1. The minimum Gasteiger partial charge on any atom is -0.507 e. The first-order valence-corrected chi connectivity index (χ1v) is 5.80. The maximum absolute atomic E-state index is 10.5. The minimum absolute atomic E-state index is 0.0693. The van der Waals surface area contributed by atoms with Crippen LogP contribution in [-0.2, 0) is 6.14 Å². The highest BCUT2D eigenvalue weighted by Gasteiger charge is 2.04. The van der Waals surface area contributed by atoms with Crippen LogP contribution in [0.1, 0.15) is 5.56 Å². The van der Waals surface area contributed by atoms with Crippen LogP contribution in [-0.4, -0.2) is 5.11 Å². The second-order valence-electron chi connectivity index (χ2n) is 2.17. The summed E-state index contributed by atoms with van der Waals surface area (Å²) in [7, 11) is 0. The number of phenols is 1. The fourth-order valence-electron chi connectivity index (χ4n) is 0.753. The van der Waals surface area contributed by atoms with Crippen molar-refractivity contribution in [2.75, 3.05) is 0 Å². The Morgan fingerprint density at radius 1 is 1.36 bits per heavy atom. The maximum Gasteiger partial charge on any atom is 0.344 e. The molecule has 0 spiro atoms. The van der Waals surface area contributed by atoms with Crippen molar-refractivity contribution in [3.05, 3.63) is 27.3 Å². The summed E-state index contributed by atoms with van der Waals surface area (Å²) in [5.41, 5.74) is 0.851. The van der Waals surface area contributed by atoms with E-state index < -0.39 is 19.8 Å². The molecule has 1 aromatic carbocycles. The van der Waals surface area contributed by atoms with E-state index in [2.05, 4.69) is 0 Å². The average molecular weight is 266 g/mol. The molecule has 1 rings (SSSR count). The predicted molar refractivity (Wildman–Crippen MR) is 46.9 cm³/mol. The SMILES string of the molecule is Cc1ccc(I(=O)=O)c(O)c1. The van der Waals surface area contributed by atoms with Gasteiger partial charge in [0.05, 0.1) is 0 Å². The molecule has 60 valence electrons. The van der Waals surface area contributed by atoms with E-state index in [-0.39, 0.29) is 9.32 Å². The highest BCUT2D eigenvalue weighted by molar-refractivity contribution is 14.2. The van der Waals surface area contributed by atoms with E-state index in [1.807, 2.05) is 0 Å². The smallest absolute Gasteiger partial charge is 0.344 e. The molecule has 0 aliphatic heterocycles. The molecule has 0 amide bonds. The molecule has 0 atom stereocenters. The standard InChI is InChI=1S/C7H7IO3/c1-5-2-3-6(8(10)11)7(9)4-5/h2-4,9H,1H3. The Bertz CT molecular complexity index is 334. The zero-order chi connectivity index (χ0) is 8.43. The van der Waals surface area contributed by atoms with Crippen molar-refractivity contribution in [1.29, 1.82) is 0 Å². The summed E-state index contributed by atoms with van der Waals surface area (Å²) in [6.45, 7) is 1.79. The van der Waals surface area contributed by atoms with E-state index in [9.17, 15) is 6.14 Å². The van der Waals surface area contributed by atoms with Crippen molar-refractivity contribution >= 4 is 19.8 Å². The monoisotopic (exact) mass is 266 g/mol. The van der Waals surface area contributed by atoms with Crippen molar-refractivity contribution in [2.45, 2.75) is 6.92 Å². The first kappa shape index (κ1) is 8.45. The summed E-state index contributed by atoms with van der Waals surface area (Å²) in [6.07, 6.45) is 0. The summed E-state index contributed by atoms with van der Waals surface area (Å²) < 4.78 is 21.1. The second-order valence-corrected chi connectivity index (χ2v) is 4.57. The predicted octanol–water partition coefficient (Wildman–Crippen LogP) is 2.07. The Hall–Kier alpha value is -0.650. The van der Waals surface area contributed by atoms with E-state index >= 15 is 0 Å². The van der Waals surface area contributed by atoms with Crippen molar-refractivity contribution < 1.29 is 11.2 Å². The molecule has 1 aromatic rings. The summed E-state index contributed by atoms with van der Waals surface area (Å²) in [4.78, 5) is 0. The second kappa shape index (κ2) is 3.17. The number of rotatable bonds is 1. The minimum atomic E-state index is -3.50. The molecule has 0 aliphatic rings. The van der Waals surface area contributed by atoms with Crippen LogP contribution >= 0.6 is 19.8 Å². The third kappa shape index (κ3) is 1.89. The lowest BCUT2D eigenvalue weighted by Gasteiger charge is -1.95. The molecule has 0 bridgehead atoms. The van der Waals surface area contributed by atoms with Gasteiger partial charge in [-0.3, -0.25) is 0 Å². The Morgan fingerprint density at radius 3 is 2.45 bits per heavy atom. The van der Waals surface area contributed by atoms with Crippen LogP contribution in [0.25, 0.3) is 0 Å². The first-order valence-electron chi connectivity index (χ1n) is 2.96. The molecule has 0 saturated heterocycles. The fourth-order valence-corrected chi connectivity index (χ4v) is 1.83. The maximum atomic E-state index is 10.5. The van der Waals surface area contributed by atoms with Crippen molar-refractivity contribution in [1.82, 2.24) is 0 Å². The summed E-state index contributed by atoms with van der Waals surface area (Å²) in [5.74, 6) is -0.139. The van der Waals surface area contributed by atoms with Gasteiger partial charge in [0.15, 0.2) is 0 Å². The largest absolute Gasteiger partial charge is 0.507 e. The van der Waals surface area contributed by atoms with Gasteiger partial charge in [0, 0.05) is 0 Å². The van der Waals surface area contributed by atoms with Crippen molar-refractivity contribution in [2.24, 2.45) is 0 Å². The number of phenolic OH excluding ortho intramolecular Hbond substituents is 1. The Balaban J connectivity index is 3.31. The van der Waals surface area contributed by atoms with Gasteiger partial charge in [-0.25, -0.2) is 6.14 Å². The van der Waals surface area contributed by atoms with Crippen molar-refractivity contribution in [3.63, 3.8) is 0 Å². The highest BCUT2D eigenvalue weighted by atomic mass is 127. The average Bonchev–Trinajstić information content (AvgIpc) is 1.85. The van der Waals surface area contributed by atoms with Crippen LogP contribution in [0.4, 0.5) is 0 Å². The molecule has 3 nitrogen and oxygen atoms in total. The van der Waals surface area contributed by atoms with Crippen LogP contribution in [0.15, 0.2) is 18.2 Å². The molecule has 0 radical (unpaired) electrons. The van der Waals surface area contributed by atoms with Gasteiger partial charge in [0.25, 0.3) is 0 Å². The van der Waals surface area contributed by atoms with Gasteiger partial charge in [0.2, 0.25) is 0 Å². The highest BCUT2D eigenvalue weighted by Crippen LogP contribution is 2.27. The quantitative estimate of drug-likeness (QED) is 0.791. The van der Waals surface area contributed by atoms with Crippen LogP contribution in [0.3, 0.4) is 0 Å². The van der Waals surface area contributed by atoms with E-state index in [4.69, 9.17) is 5.11 Å². The Labute approximate surface area is 71.2 Å². The molecule has 4 heteroatoms. The van der Waals surface area contributed by atoms with Crippen molar-refractivity contribution in [3.8, 4) is 5.75 Å². The zero-order valence-corrected chi connectivity index (χ0v) is 8.03. The zero-order valence-electron chi connectivity index (χ0n) is 5.87. The normalized spacial score (nSPS) is 10.4. The van der Waals surface area contributed by atoms with Crippen LogP contribution in [0, 0.1) is 10.5 Å². The molecule has 0 saturated carbocycles. The molecule has 0 unspecified atom stereocenters. The third-order valence-corrected chi connectivity index (χ3v) is 3.13. The number of hydrogen-bond acceptors (Lipinski definition) is 3. The first-order chi connectivity index (χ1) is 5.11. The molecule has 0 heterocycles. The van der Waals surface area contributed by atoms with Gasteiger partial charge < -0.3 is 5.11 Å². The molecule has 0 aliphatic carbocycles. The van der Waals surface area contributed by atoms with Crippen LogP contribution in [0.2, 0.25) is 0 Å². The van der Waals surface area contributed by atoms with Crippen LogP contribution in [0.5, 0.6) is 5.75 Å². The third-order valence-electron chi connectivity index (χ3n) is 1.27. The summed E-state index contributed by atoms with van der Waals surface area (Å²) >= 11 is -3.50. The molecular weight excluding hydrogens is 259 g/mol. The van der Waals surface area contributed by atoms with E-state index in [1.54, 1.807) is 13.0 Å². The lowest BCUT2D eigenvalue weighted by molar-refractivity contribution is 0.470. The lowest BCUT2D eigenvalue weighted by Crippen LogP contribution is -1.76. The Morgan fingerprint density at radius 2 is 2.00 bits per heavy atom. The molecular formula is C7H7IO3. The number of aryl methyl sites for hydroxylation is 1. The summed E-state index contributed by atoms with van der Waals surface area (Å²) in [5, 5.41) is 9.10. The van der Waals surface area contributed by atoms with Gasteiger partial charge in [-0.1, -0.05) is 6.07 Å². The van der Waals surface area contributed by atoms with Gasteiger partial charge in [0.1, 0.15) is 9.32 Å². The van der Waals surface area contributed by atoms with E-state index in [0.717, 1.165) is 5.56 Å². The molecule has 1 N–H and O–H groups in total. The number of hydrogen-bond donors (Lipinski definition) is 1. The molecule has 0 fully saturated rings.